The number of nitrogens with one attached hydrogen (secondary N) is 38. The maximum atomic E-state index is 15.3. The molecule has 0 rings (SSSR count). The molecule has 0 saturated heterocycles. The molecule has 0 bridgehead atoms. The number of hydrogen-bond donors (Lipinski definition) is 53. The summed E-state index contributed by atoms with van der Waals surface area (Å²) < 4.78 is 0. The molecule has 0 heterocycles. The van der Waals surface area contributed by atoms with E-state index in [1.165, 1.54) is 0 Å². The van der Waals surface area contributed by atoms with Gasteiger partial charge in [0.15, 0.2) is 77.5 Å². The highest BCUT2D eigenvalue weighted by Crippen LogP contribution is 2.14. The summed E-state index contributed by atoms with van der Waals surface area (Å²) in [5.41, 5.74) is 78.4. The number of aliphatic carboxylic acids is 1. The molecule has 0 aliphatic rings. The Labute approximate surface area is 832 Å². The van der Waals surface area contributed by atoms with Crippen LogP contribution in [-0.2, 0) is 62.3 Å². The fourth-order valence-electron chi connectivity index (χ4n) is 13.5. The minimum atomic E-state index is -1.72. The van der Waals surface area contributed by atoms with E-state index in [1.807, 2.05) is 0 Å². The predicted octanol–water partition coefficient (Wildman–Crippen LogP) is -16.4. The SMILES string of the molecule is N=C(N)NCCC[C@H](NC(=O)[C@H](CCCNC(=N)N)NC(=O)[C@H](CCCNC(=N)N)NC(=O)[C@H](CCCNC(=N)N)NC(=O)[C@H](CCCNC(=N)N)NC(=O)[C@H](CCCNC(=N)N)NC(=O)[C@H](CCCNC(=N)N)NC(=O)[C@H](CCCNC(=N)N)NC(=O)[C@H](CCCNC(=N)N)NC(=O)[C@H](CCCNC(=N)N)NC(=O)[C@H](CCCNC(=N)N)NC(=O)[C@H](CCCNC(=N)N)NC(=O)[C@@H](N)CCCNC(=N)N)C(=O)O. The molecular formula is C78H158N52O14. The summed E-state index contributed by atoms with van der Waals surface area (Å²) in [6, 6.07) is -20.7. The third kappa shape index (κ3) is 63.9. The van der Waals surface area contributed by atoms with Crippen molar-refractivity contribution in [3.05, 3.63) is 0 Å². The average Bonchev–Trinajstić information content (AvgIpc) is 0.855. The Hall–Kier alpha value is -16.4. The van der Waals surface area contributed by atoms with Gasteiger partial charge in [-0.05, 0) is 167 Å². The number of nitrogens with two attached hydrogens (primary N) is 14. The fourth-order valence-corrected chi connectivity index (χ4v) is 13.5. The van der Waals surface area contributed by atoms with Crippen molar-refractivity contribution < 1.29 is 67.4 Å². The Morgan fingerprint density at radius 3 is 0.354 bits per heavy atom. The predicted molar refractivity (Wildman–Crippen MR) is 538 cm³/mol. The first-order valence-electron chi connectivity index (χ1n) is 46.6. The van der Waals surface area contributed by atoms with Crippen LogP contribution < -0.4 is 213 Å². The highest BCUT2D eigenvalue weighted by Gasteiger charge is 2.38. The molecular weight excluding hydrogens is 1890 g/mol. The van der Waals surface area contributed by atoms with Gasteiger partial charge in [0.25, 0.3) is 0 Å². The van der Waals surface area contributed by atoms with E-state index in [0.29, 0.717) is 0 Å². The van der Waals surface area contributed by atoms with E-state index in [9.17, 15) is 38.7 Å². The lowest BCUT2D eigenvalue weighted by atomic mass is 10.0. The lowest BCUT2D eigenvalue weighted by molar-refractivity contribution is -0.142. The maximum absolute atomic E-state index is 15.3. The first kappa shape index (κ1) is 128. The summed E-state index contributed by atoms with van der Waals surface area (Å²) in [5.74, 6) is -19.7. The number of carbonyl (C=O) groups excluding carboxylic acids is 12. The number of carbonyl (C=O) groups is 13. The second-order valence-electron chi connectivity index (χ2n) is 33.0. The van der Waals surface area contributed by atoms with Crippen molar-refractivity contribution in [2.24, 2.45) is 80.3 Å². The van der Waals surface area contributed by atoms with E-state index in [4.69, 9.17) is 151 Å². The molecule has 67 N–H and O–H groups in total. The average molecular weight is 2050 g/mol. The van der Waals surface area contributed by atoms with Crippen molar-refractivity contribution in [2.75, 3.05) is 85.1 Å². The molecule has 0 aromatic heterocycles. The van der Waals surface area contributed by atoms with Crippen LogP contribution in [0.2, 0.25) is 0 Å². The molecule has 0 radical (unpaired) electrons. The molecule has 814 valence electrons. The molecule has 0 unspecified atom stereocenters. The van der Waals surface area contributed by atoms with E-state index in [1.54, 1.807) is 0 Å². The third-order valence-corrected chi connectivity index (χ3v) is 20.7. The standard InChI is InChI=1S/C78H158N52O14/c79-40(14-1-27-106-66(80)81)53(131)119-41(15-2-28-107-67(82)83)54(132)120-42(16-3-29-108-68(84)85)55(133)121-43(17-4-30-109-69(86)87)56(134)122-44(18-5-31-110-70(88)89)57(135)123-45(19-6-32-111-71(90)91)58(136)124-46(20-7-33-112-72(92)93)59(137)125-47(21-8-34-113-73(94)95)60(138)126-48(22-9-35-114-74(96)97)61(139)127-49(23-10-36-115-75(98)99)62(140)128-50(24-11-37-116-76(100)101)63(141)129-51(25-12-38-117-77(102)103)64(142)130-52(65(143)144)26-13-39-118-78(104)105/h40-52H,1-39,79H2,(H,119,131)(H,120,132)(H,121,133)(H,122,134)(H,123,135)(H,124,136)(H,125,137)(H,126,138)(H,127,139)(H,128,140)(H,129,141)(H,130,142)(H,143,144)(H4,80,81,106)(H4,82,83,107)(H4,84,85,108)(H4,86,87,109)(H4,88,89,110)(H4,90,91,111)(H4,92,93,112)(H4,94,95,113)(H4,96,97,114)(H4,98,99,115)(H4,100,101,116)(H4,102,103,117)(H4,104,105,118)/t40-,41-,42-,43-,44-,45-,46-,47-,48-,49-,50-,51-,52-/m0/s1. The van der Waals surface area contributed by atoms with E-state index >= 15 is 28.8 Å². The third-order valence-electron chi connectivity index (χ3n) is 20.7. The van der Waals surface area contributed by atoms with Gasteiger partial charge >= 0.3 is 5.97 Å². The van der Waals surface area contributed by atoms with Gasteiger partial charge in [0.05, 0.1) is 6.04 Å². The molecule has 66 nitrogen and oxygen atoms in total. The van der Waals surface area contributed by atoms with Gasteiger partial charge in [0, 0.05) is 85.1 Å². The Kier molecular flexibility index (Phi) is 65.3. The summed E-state index contributed by atoms with van der Waals surface area (Å²) in [4.78, 5) is 190. The summed E-state index contributed by atoms with van der Waals surface area (Å²) in [6.07, 6.45) is -3.13. The molecule has 13 atom stereocenters. The van der Waals surface area contributed by atoms with Crippen molar-refractivity contribution in [3.8, 4) is 0 Å². The number of amides is 12. The van der Waals surface area contributed by atoms with Gasteiger partial charge in [-0.2, -0.15) is 0 Å². The van der Waals surface area contributed by atoms with Crippen LogP contribution in [0.3, 0.4) is 0 Å². The second-order valence-corrected chi connectivity index (χ2v) is 33.0. The minimum absolute atomic E-state index is 0.0101. The van der Waals surface area contributed by atoms with E-state index in [-0.39, 0.29) is 258 Å². The molecule has 0 aliphatic heterocycles. The smallest absolute Gasteiger partial charge is 0.326 e. The summed E-state index contributed by atoms with van der Waals surface area (Å²) >= 11 is 0. The first-order valence-corrected chi connectivity index (χ1v) is 46.6. The van der Waals surface area contributed by atoms with Crippen LogP contribution in [0.5, 0.6) is 0 Å². The zero-order valence-electron chi connectivity index (χ0n) is 80.9. The lowest BCUT2D eigenvalue weighted by Crippen LogP contribution is -2.61. The summed E-state index contributed by atoms with van der Waals surface area (Å²) in [6.45, 7) is -0.507. The minimum Gasteiger partial charge on any atom is -0.480 e. The molecule has 0 aromatic rings. The van der Waals surface area contributed by atoms with Crippen molar-refractivity contribution in [1.29, 1.82) is 70.3 Å². The van der Waals surface area contributed by atoms with Crippen molar-refractivity contribution in [3.63, 3.8) is 0 Å². The maximum Gasteiger partial charge on any atom is 0.326 e. The Morgan fingerprint density at radius 2 is 0.250 bits per heavy atom. The van der Waals surface area contributed by atoms with Gasteiger partial charge < -0.3 is 218 Å². The van der Waals surface area contributed by atoms with Crippen LogP contribution in [-0.4, -0.2) is 323 Å². The normalized spacial score (nSPS) is 13.3. The van der Waals surface area contributed by atoms with Gasteiger partial charge in [-0.3, -0.25) is 128 Å². The van der Waals surface area contributed by atoms with Crippen molar-refractivity contribution >= 4 is 154 Å². The van der Waals surface area contributed by atoms with Crippen LogP contribution in [0, 0.1) is 70.3 Å². The Balaban J connectivity index is 8.47. The molecule has 0 fully saturated rings. The fraction of sp³-hybridized carbons (Fsp3) is 0.667. The van der Waals surface area contributed by atoms with E-state index in [2.05, 4.69) is 133 Å². The number of hydrogen-bond acceptors (Lipinski definition) is 27. The monoisotopic (exact) mass is 2050 g/mol. The quantitative estimate of drug-likeness (QED) is 0.0153. The highest BCUT2D eigenvalue weighted by atomic mass is 16.4. The van der Waals surface area contributed by atoms with E-state index in [0.717, 1.165) is 0 Å². The van der Waals surface area contributed by atoms with Crippen LogP contribution >= 0.6 is 0 Å². The summed E-state index contributed by atoms with van der Waals surface area (Å²) in [5, 5.41) is 175. The van der Waals surface area contributed by atoms with Gasteiger partial charge in [0.1, 0.15) is 72.5 Å². The van der Waals surface area contributed by atoms with Gasteiger partial charge in [-0.15, -0.1) is 0 Å². The zero-order chi connectivity index (χ0) is 109. The second kappa shape index (κ2) is 73.7. The summed E-state index contributed by atoms with van der Waals surface area (Å²) in [7, 11) is 0. The molecule has 0 spiro atoms. The molecule has 0 aliphatic carbocycles. The van der Waals surface area contributed by atoms with Gasteiger partial charge in [-0.25, -0.2) is 4.79 Å². The lowest BCUT2D eigenvalue weighted by Gasteiger charge is -2.29. The Bertz CT molecular complexity index is 4150. The van der Waals surface area contributed by atoms with Gasteiger partial charge in [0.2, 0.25) is 70.9 Å². The molecule has 0 saturated carbocycles. The molecule has 0 aromatic carbocycles. The Morgan fingerprint density at radius 1 is 0.160 bits per heavy atom. The number of rotatable bonds is 77. The van der Waals surface area contributed by atoms with E-state index < -0.39 is 227 Å². The number of guanidine groups is 13. The van der Waals surface area contributed by atoms with Gasteiger partial charge in [-0.1, -0.05) is 0 Å². The zero-order valence-corrected chi connectivity index (χ0v) is 80.9. The van der Waals surface area contributed by atoms with Crippen LogP contribution in [0.25, 0.3) is 0 Å². The topological polar surface area (TPSA) is 1220 Å². The number of carboxylic acid groups (broad SMARTS) is 1. The van der Waals surface area contributed by atoms with Crippen LogP contribution in [0.1, 0.15) is 167 Å². The number of carboxylic acids is 1. The molecule has 66 heteroatoms. The van der Waals surface area contributed by atoms with Crippen LogP contribution in [0.4, 0.5) is 0 Å². The highest BCUT2D eigenvalue weighted by molar-refractivity contribution is 6.00. The largest absolute Gasteiger partial charge is 0.480 e. The molecule has 12 amide bonds. The van der Waals surface area contributed by atoms with Crippen molar-refractivity contribution in [1.82, 2.24) is 133 Å². The van der Waals surface area contributed by atoms with Crippen LogP contribution in [0.15, 0.2) is 0 Å². The van der Waals surface area contributed by atoms with Crippen molar-refractivity contribution in [2.45, 2.75) is 245 Å². The first-order chi connectivity index (χ1) is 67.9. The molecule has 144 heavy (non-hydrogen) atoms.